The normalized spacial score (nSPS) is 23.6. The van der Waals surface area contributed by atoms with Gasteiger partial charge >= 0.3 is 6.18 Å². The lowest BCUT2D eigenvalue weighted by atomic mass is 9.68. The fourth-order valence-electron chi connectivity index (χ4n) is 4.56. The number of fused-ring (bicyclic) bond motifs is 1. The van der Waals surface area contributed by atoms with E-state index in [1.54, 1.807) is 4.90 Å². The lowest BCUT2D eigenvalue weighted by Gasteiger charge is -2.44. The quantitative estimate of drug-likeness (QED) is 0.689. The van der Waals surface area contributed by atoms with E-state index >= 15 is 0 Å². The van der Waals surface area contributed by atoms with Gasteiger partial charge < -0.3 is 10.6 Å². The summed E-state index contributed by atoms with van der Waals surface area (Å²) in [7, 11) is 0. The van der Waals surface area contributed by atoms with Crippen LogP contribution in [0.1, 0.15) is 47.7 Å². The minimum Gasteiger partial charge on any atom is -0.331 e. The molecule has 1 amide bonds. The highest BCUT2D eigenvalue weighted by atomic mass is 35.5. The van der Waals surface area contributed by atoms with E-state index in [2.05, 4.69) is 10.2 Å². The van der Waals surface area contributed by atoms with Gasteiger partial charge in [-0.15, -0.1) is 35.0 Å². The summed E-state index contributed by atoms with van der Waals surface area (Å²) in [5.74, 6) is -1.85. The number of nitrogens with zero attached hydrogens (tertiary/aromatic N) is 4. The van der Waals surface area contributed by atoms with Gasteiger partial charge in [-0.25, -0.2) is 0 Å². The number of amides is 1. The van der Waals surface area contributed by atoms with E-state index in [0.717, 1.165) is 35.8 Å². The minimum atomic E-state index is -4.63. The Morgan fingerprint density at radius 1 is 1.16 bits per heavy atom. The number of benzene rings is 1. The van der Waals surface area contributed by atoms with Crippen molar-refractivity contribution >= 4 is 42.3 Å². The third-order valence-electron chi connectivity index (χ3n) is 6.20. The Labute approximate surface area is 195 Å². The lowest BCUT2D eigenvalue weighted by Crippen LogP contribution is -2.51. The molecule has 1 fully saturated rings. The molecule has 4 rings (SSSR count). The molecule has 0 atom stereocenters. The molecule has 1 aliphatic carbocycles. The summed E-state index contributed by atoms with van der Waals surface area (Å²) in [6, 6.07) is 7.62. The van der Waals surface area contributed by atoms with Crippen molar-refractivity contribution in [1.29, 1.82) is 0 Å². The zero-order chi connectivity index (χ0) is 20.8. The van der Waals surface area contributed by atoms with Crippen LogP contribution in [0.4, 0.5) is 13.2 Å². The number of hydrogen-bond donors (Lipinski definition) is 1. The van der Waals surface area contributed by atoms with Crippen molar-refractivity contribution in [3.8, 4) is 0 Å². The molecule has 1 aromatic heterocycles. The minimum absolute atomic E-state index is 0. The van der Waals surface area contributed by atoms with Gasteiger partial charge in [-0.2, -0.15) is 13.2 Å². The Hall–Kier alpha value is -1.55. The average molecular weight is 501 g/mol. The highest BCUT2D eigenvalue weighted by Crippen LogP contribution is 2.41. The van der Waals surface area contributed by atoms with Gasteiger partial charge in [-0.1, -0.05) is 23.7 Å². The van der Waals surface area contributed by atoms with Gasteiger partial charge in [0.2, 0.25) is 11.6 Å². The molecule has 6 nitrogen and oxygen atoms in total. The van der Waals surface area contributed by atoms with E-state index in [-0.39, 0.29) is 55.2 Å². The van der Waals surface area contributed by atoms with Crippen LogP contribution >= 0.6 is 36.4 Å². The SMILES string of the molecule is Cl.Cl.NC[C@]1(c2cccc(Cl)c2)CC[C@@H](N2CCn3c(nnc3C(F)(F)F)C2=O)CC1. The highest BCUT2D eigenvalue weighted by molar-refractivity contribution is 6.30. The molecule has 2 aromatic rings. The number of rotatable bonds is 3. The third-order valence-corrected chi connectivity index (χ3v) is 6.44. The van der Waals surface area contributed by atoms with Crippen molar-refractivity contribution < 1.29 is 18.0 Å². The number of nitrogens with two attached hydrogens (primary N) is 1. The maximum absolute atomic E-state index is 13.0. The number of halogens is 6. The maximum Gasteiger partial charge on any atom is 0.451 e. The largest absolute Gasteiger partial charge is 0.451 e. The molecule has 0 unspecified atom stereocenters. The van der Waals surface area contributed by atoms with E-state index in [0.29, 0.717) is 11.6 Å². The Balaban J connectivity index is 0.00000171. The predicted octanol–water partition coefficient (Wildman–Crippen LogP) is 4.09. The predicted molar refractivity (Wildman–Crippen MR) is 115 cm³/mol. The van der Waals surface area contributed by atoms with Crippen molar-refractivity contribution in [2.45, 2.75) is 49.9 Å². The van der Waals surface area contributed by atoms with E-state index in [4.69, 9.17) is 17.3 Å². The average Bonchev–Trinajstić information content (AvgIpc) is 3.14. The van der Waals surface area contributed by atoms with Crippen LogP contribution in [0.2, 0.25) is 5.02 Å². The number of hydrogen-bond acceptors (Lipinski definition) is 4. The summed E-state index contributed by atoms with van der Waals surface area (Å²) in [6.45, 7) is 0.720. The fraction of sp³-hybridized carbons (Fsp3) is 0.526. The molecule has 0 spiro atoms. The van der Waals surface area contributed by atoms with E-state index in [1.165, 1.54) is 0 Å². The molecule has 31 heavy (non-hydrogen) atoms. The number of aromatic nitrogens is 3. The Kier molecular flexibility index (Phi) is 7.90. The second-order valence-corrected chi connectivity index (χ2v) is 8.16. The lowest BCUT2D eigenvalue weighted by molar-refractivity contribution is -0.147. The summed E-state index contributed by atoms with van der Waals surface area (Å²) in [4.78, 5) is 14.4. The standard InChI is InChI=1S/C19H21ClF3N5O.2ClH/c20-13-3-1-2-12(10-13)18(11-24)6-4-14(5-7-18)27-8-9-28-15(16(27)29)25-26-17(28)19(21,22)23;;/h1-3,10,14H,4-9,11,24H2;2*1H/t14-,18+;;. The number of carbonyl (C=O) groups excluding carboxylic acids is 1. The molecule has 0 radical (unpaired) electrons. The first-order valence-corrected chi connectivity index (χ1v) is 9.90. The Morgan fingerprint density at radius 3 is 2.42 bits per heavy atom. The van der Waals surface area contributed by atoms with Gasteiger partial charge in [-0.3, -0.25) is 9.36 Å². The van der Waals surface area contributed by atoms with Crippen LogP contribution in [0.15, 0.2) is 24.3 Å². The Morgan fingerprint density at radius 2 is 1.84 bits per heavy atom. The molecule has 2 aliphatic rings. The topological polar surface area (TPSA) is 77.0 Å². The van der Waals surface area contributed by atoms with Crippen molar-refractivity contribution in [3.63, 3.8) is 0 Å². The van der Waals surface area contributed by atoms with E-state index in [9.17, 15) is 18.0 Å². The number of alkyl halides is 3. The molecule has 1 saturated carbocycles. The van der Waals surface area contributed by atoms with Crippen LogP contribution in [-0.4, -0.2) is 44.7 Å². The van der Waals surface area contributed by atoms with Crippen LogP contribution in [0.25, 0.3) is 0 Å². The fourth-order valence-corrected chi connectivity index (χ4v) is 4.75. The first-order valence-electron chi connectivity index (χ1n) is 9.53. The molecule has 1 aliphatic heterocycles. The Bertz CT molecular complexity index is 929. The van der Waals surface area contributed by atoms with Crippen molar-refractivity contribution in [1.82, 2.24) is 19.7 Å². The third kappa shape index (κ3) is 4.65. The van der Waals surface area contributed by atoms with Crippen LogP contribution in [0, 0.1) is 0 Å². The summed E-state index contributed by atoms with van der Waals surface area (Å²) in [5.41, 5.74) is 7.01. The van der Waals surface area contributed by atoms with Crippen LogP contribution < -0.4 is 5.73 Å². The van der Waals surface area contributed by atoms with Gasteiger partial charge in [0, 0.05) is 36.1 Å². The second kappa shape index (κ2) is 9.52. The van der Waals surface area contributed by atoms with Crippen molar-refractivity contribution in [3.05, 3.63) is 46.5 Å². The summed E-state index contributed by atoms with van der Waals surface area (Å²) in [5, 5.41) is 7.37. The molecule has 0 bridgehead atoms. The van der Waals surface area contributed by atoms with Crippen LogP contribution in [0.5, 0.6) is 0 Å². The molecule has 0 saturated heterocycles. The zero-order valence-electron chi connectivity index (χ0n) is 16.4. The molecule has 2 heterocycles. The monoisotopic (exact) mass is 499 g/mol. The molecule has 172 valence electrons. The van der Waals surface area contributed by atoms with Crippen molar-refractivity contribution in [2.24, 2.45) is 5.73 Å². The van der Waals surface area contributed by atoms with Crippen LogP contribution in [0.3, 0.4) is 0 Å². The van der Waals surface area contributed by atoms with Gasteiger partial charge in [0.15, 0.2) is 0 Å². The zero-order valence-corrected chi connectivity index (χ0v) is 18.8. The van der Waals surface area contributed by atoms with Crippen molar-refractivity contribution in [2.75, 3.05) is 13.1 Å². The van der Waals surface area contributed by atoms with E-state index < -0.39 is 17.9 Å². The second-order valence-electron chi connectivity index (χ2n) is 7.72. The van der Waals surface area contributed by atoms with Gasteiger partial charge in [0.25, 0.3) is 5.91 Å². The van der Waals surface area contributed by atoms with Gasteiger partial charge in [0.1, 0.15) is 0 Å². The van der Waals surface area contributed by atoms with Gasteiger partial charge in [0.05, 0.1) is 0 Å². The van der Waals surface area contributed by atoms with E-state index in [1.807, 2.05) is 24.3 Å². The first kappa shape index (κ1) is 25.7. The van der Waals surface area contributed by atoms with Gasteiger partial charge in [-0.05, 0) is 43.4 Å². The maximum atomic E-state index is 13.0. The first-order chi connectivity index (χ1) is 13.7. The highest BCUT2D eigenvalue weighted by Gasteiger charge is 2.44. The molecular weight excluding hydrogens is 478 g/mol. The molecule has 1 aromatic carbocycles. The molecular formula is C19H23Cl3F3N5O. The molecule has 12 heteroatoms. The summed E-state index contributed by atoms with van der Waals surface area (Å²) in [6.07, 6.45) is -1.64. The smallest absolute Gasteiger partial charge is 0.331 e. The molecule has 2 N–H and O–H groups in total. The summed E-state index contributed by atoms with van der Waals surface area (Å²) >= 11 is 6.15. The van der Waals surface area contributed by atoms with Crippen LogP contribution in [-0.2, 0) is 18.1 Å². The number of carbonyl (C=O) groups is 1. The summed E-state index contributed by atoms with van der Waals surface area (Å²) < 4.78 is 40.0.